The predicted molar refractivity (Wildman–Crippen MR) is 59.2 cm³/mol. The number of hydrogen-bond acceptors (Lipinski definition) is 3. The molecule has 0 saturated carbocycles. The first-order valence-electron chi connectivity index (χ1n) is 4.46. The molecule has 0 aliphatic carbocycles. The van der Waals surface area contributed by atoms with Crippen LogP contribution in [0.3, 0.4) is 0 Å². The summed E-state index contributed by atoms with van der Waals surface area (Å²) in [6, 6.07) is 4.01. The molecule has 0 bridgehead atoms. The Balaban J connectivity index is 2.53. The number of amidine groups is 1. The van der Waals surface area contributed by atoms with Gasteiger partial charge in [-0.25, -0.2) is 4.39 Å². The van der Waals surface area contributed by atoms with Gasteiger partial charge in [-0.05, 0) is 25.1 Å². The predicted octanol–water partition coefficient (Wildman–Crippen LogP) is 1.67. The first kappa shape index (κ1) is 11.1. The van der Waals surface area contributed by atoms with Crippen LogP contribution in [-0.4, -0.2) is 11.9 Å². The van der Waals surface area contributed by atoms with Crippen molar-refractivity contribution in [1.29, 1.82) is 0 Å². The van der Waals surface area contributed by atoms with Gasteiger partial charge in [-0.15, -0.1) is 0 Å². The van der Waals surface area contributed by atoms with Gasteiger partial charge >= 0.3 is 0 Å². The van der Waals surface area contributed by atoms with E-state index in [0.29, 0.717) is 4.47 Å². The molecule has 0 radical (unpaired) electrons. The first-order valence-corrected chi connectivity index (χ1v) is 5.26. The number of nitrogens with two attached hydrogens (primary N) is 1. The number of halogens is 2. The number of benzene rings is 1. The summed E-state index contributed by atoms with van der Waals surface area (Å²) >= 11 is 3.20. The summed E-state index contributed by atoms with van der Waals surface area (Å²) in [4.78, 5) is 15.0. The highest BCUT2D eigenvalue weighted by Crippen LogP contribution is 2.33. The molecule has 1 aliphatic heterocycles. The van der Waals surface area contributed by atoms with Crippen molar-refractivity contribution < 1.29 is 13.9 Å². The summed E-state index contributed by atoms with van der Waals surface area (Å²) in [6.45, 7) is 1.43. The molecule has 2 rings (SSSR count). The van der Waals surface area contributed by atoms with Crippen molar-refractivity contribution in [1.82, 2.24) is 0 Å². The van der Waals surface area contributed by atoms with Crippen LogP contribution >= 0.6 is 15.9 Å². The Morgan fingerprint density at radius 2 is 2.25 bits per heavy atom. The highest BCUT2D eigenvalue weighted by molar-refractivity contribution is 9.10. The lowest BCUT2D eigenvalue weighted by molar-refractivity contribution is -0.130. The number of rotatable bonds is 1. The lowest BCUT2D eigenvalue weighted by Gasteiger charge is -2.21. The first-order chi connectivity index (χ1) is 7.43. The molecule has 4 nitrogen and oxygen atoms in total. The highest BCUT2D eigenvalue weighted by Gasteiger charge is 2.45. The van der Waals surface area contributed by atoms with Crippen LogP contribution in [0.25, 0.3) is 0 Å². The number of carbonyl (C=O) groups excluding carboxylic acids is 1. The van der Waals surface area contributed by atoms with Gasteiger partial charge in [0, 0.05) is 10.0 Å². The molecule has 1 aromatic rings. The summed E-state index contributed by atoms with van der Waals surface area (Å²) in [5.41, 5.74) is 3.93. The zero-order valence-electron chi connectivity index (χ0n) is 8.33. The van der Waals surface area contributed by atoms with E-state index in [1.165, 1.54) is 25.1 Å². The van der Waals surface area contributed by atoms with Crippen molar-refractivity contribution in [3.05, 3.63) is 34.1 Å². The number of hydrogen-bond donors (Lipinski definition) is 1. The average Bonchev–Trinajstić information content (AvgIpc) is 2.46. The van der Waals surface area contributed by atoms with Crippen molar-refractivity contribution in [2.24, 2.45) is 10.7 Å². The molecule has 0 saturated heterocycles. The lowest BCUT2D eigenvalue weighted by Crippen LogP contribution is -2.33. The highest BCUT2D eigenvalue weighted by atomic mass is 79.9. The fourth-order valence-corrected chi connectivity index (χ4v) is 1.88. The third-order valence-electron chi connectivity index (χ3n) is 2.37. The minimum Gasteiger partial charge on any atom is -0.443 e. The van der Waals surface area contributed by atoms with E-state index in [9.17, 15) is 9.18 Å². The SMILES string of the molecule is CC1(c2cc(Br)ccc2F)OC(N)=NC1=O. The topological polar surface area (TPSA) is 64.7 Å². The average molecular weight is 287 g/mol. The minimum atomic E-state index is -1.47. The van der Waals surface area contributed by atoms with Gasteiger partial charge in [0.15, 0.2) is 0 Å². The Bertz CT molecular complexity index is 504. The fourth-order valence-electron chi connectivity index (χ4n) is 1.52. The zero-order valence-corrected chi connectivity index (χ0v) is 9.92. The van der Waals surface area contributed by atoms with Crippen LogP contribution in [0.5, 0.6) is 0 Å². The molecule has 1 heterocycles. The van der Waals surface area contributed by atoms with Crippen LogP contribution in [0.4, 0.5) is 4.39 Å². The Morgan fingerprint density at radius 3 is 2.81 bits per heavy atom. The molecule has 0 fully saturated rings. The second-order valence-corrected chi connectivity index (χ2v) is 4.43. The van der Waals surface area contributed by atoms with Gasteiger partial charge in [-0.3, -0.25) is 4.79 Å². The number of ether oxygens (including phenoxy) is 1. The van der Waals surface area contributed by atoms with Crippen LogP contribution < -0.4 is 5.73 Å². The van der Waals surface area contributed by atoms with Gasteiger partial charge in [-0.2, -0.15) is 4.99 Å². The van der Waals surface area contributed by atoms with Gasteiger partial charge in [0.25, 0.3) is 11.9 Å². The fraction of sp³-hybridized carbons (Fsp3) is 0.200. The zero-order chi connectivity index (χ0) is 11.9. The van der Waals surface area contributed by atoms with Gasteiger partial charge in [0.1, 0.15) is 5.82 Å². The van der Waals surface area contributed by atoms with Crippen molar-refractivity contribution in [2.75, 3.05) is 0 Å². The maximum absolute atomic E-state index is 13.6. The number of nitrogens with zero attached hydrogens (tertiary/aromatic N) is 1. The Kier molecular flexibility index (Phi) is 2.46. The van der Waals surface area contributed by atoms with Crippen LogP contribution in [0.1, 0.15) is 12.5 Å². The second kappa shape index (κ2) is 3.55. The molecule has 1 aliphatic rings. The molecule has 6 heteroatoms. The maximum Gasteiger partial charge on any atom is 0.299 e. The molecule has 16 heavy (non-hydrogen) atoms. The van der Waals surface area contributed by atoms with E-state index in [4.69, 9.17) is 10.5 Å². The van der Waals surface area contributed by atoms with Crippen LogP contribution in [0.15, 0.2) is 27.7 Å². The van der Waals surface area contributed by atoms with Crippen LogP contribution in [-0.2, 0) is 15.1 Å². The quantitative estimate of drug-likeness (QED) is 0.854. The van der Waals surface area contributed by atoms with E-state index >= 15 is 0 Å². The largest absolute Gasteiger partial charge is 0.443 e. The molecule has 84 valence electrons. The van der Waals surface area contributed by atoms with E-state index in [2.05, 4.69) is 20.9 Å². The van der Waals surface area contributed by atoms with E-state index in [-0.39, 0.29) is 11.6 Å². The van der Waals surface area contributed by atoms with Gasteiger partial charge < -0.3 is 10.5 Å². The van der Waals surface area contributed by atoms with E-state index < -0.39 is 17.3 Å². The van der Waals surface area contributed by atoms with Crippen molar-refractivity contribution >= 4 is 27.9 Å². The van der Waals surface area contributed by atoms with Crippen LogP contribution in [0.2, 0.25) is 0 Å². The van der Waals surface area contributed by atoms with Crippen molar-refractivity contribution in [3.8, 4) is 0 Å². The normalized spacial score (nSPS) is 24.2. The standard InChI is InChI=1S/C10H8BrFN2O2/c1-10(8(15)14-9(13)16-10)6-4-5(11)2-3-7(6)12/h2-4H,1H3,(H2,13,14,15). The van der Waals surface area contributed by atoms with Crippen molar-refractivity contribution in [2.45, 2.75) is 12.5 Å². The summed E-state index contributed by atoms with van der Waals surface area (Å²) in [5.74, 6) is -1.15. The summed E-state index contributed by atoms with van der Waals surface area (Å²) < 4.78 is 19.4. The van der Waals surface area contributed by atoms with Crippen LogP contribution in [0, 0.1) is 5.82 Å². The Morgan fingerprint density at radius 1 is 1.56 bits per heavy atom. The molecule has 1 unspecified atom stereocenters. The van der Waals surface area contributed by atoms with Gasteiger partial charge in [-0.1, -0.05) is 15.9 Å². The smallest absolute Gasteiger partial charge is 0.299 e. The number of amides is 1. The Hall–Kier alpha value is -1.43. The summed E-state index contributed by atoms with van der Waals surface area (Å²) in [5, 5.41) is 0. The summed E-state index contributed by atoms with van der Waals surface area (Å²) in [7, 11) is 0. The minimum absolute atomic E-state index is 0.107. The third kappa shape index (κ3) is 1.59. The van der Waals surface area contributed by atoms with Gasteiger partial charge in [0.2, 0.25) is 5.60 Å². The molecule has 1 aromatic carbocycles. The number of aliphatic imine (C=N–C) groups is 1. The molecule has 0 spiro atoms. The van der Waals surface area contributed by atoms with E-state index in [0.717, 1.165) is 0 Å². The van der Waals surface area contributed by atoms with Crippen molar-refractivity contribution in [3.63, 3.8) is 0 Å². The lowest BCUT2D eigenvalue weighted by atomic mass is 9.95. The molecule has 1 atom stereocenters. The molecule has 2 N–H and O–H groups in total. The monoisotopic (exact) mass is 286 g/mol. The van der Waals surface area contributed by atoms with Gasteiger partial charge in [0.05, 0.1) is 0 Å². The third-order valence-corrected chi connectivity index (χ3v) is 2.86. The molecule has 0 aromatic heterocycles. The van der Waals surface area contributed by atoms with E-state index in [1.807, 2.05) is 0 Å². The molecular weight excluding hydrogens is 279 g/mol. The Labute approximate surface area is 99.4 Å². The number of carbonyl (C=O) groups is 1. The summed E-state index contributed by atoms with van der Waals surface area (Å²) in [6.07, 6.45) is 0. The molecular formula is C10H8BrFN2O2. The maximum atomic E-state index is 13.6. The van der Waals surface area contributed by atoms with E-state index in [1.54, 1.807) is 0 Å². The second-order valence-electron chi connectivity index (χ2n) is 3.51. The molecule has 1 amide bonds.